The molecule has 168 valence electrons. The lowest BCUT2D eigenvalue weighted by Crippen LogP contribution is -2.63. The van der Waals surface area contributed by atoms with Crippen LogP contribution in [0.3, 0.4) is 0 Å². The number of carbonyl (C=O) groups is 2. The fraction of sp³-hybridized carbons (Fsp3) is 0.333. The van der Waals surface area contributed by atoms with Crippen molar-refractivity contribution in [1.29, 1.82) is 0 Å². The lowest BCUT2D eigenvalue weighted by Gasteiger charge is -2.41. The Bertz CT molecular complexity index is 1090. The maximum atomic E-state index is 13.3. The monoisotopic (exact) mass is 524 g/mol. The first-order valence-corrected chi connectivity index (χ1v) is 12.6. The van der Waals surface area contributed by atoms with Gasteiger partial charge in [-0.15, -0.1) is 11.3 Å². The van der Waals surface area contributed by atoms with Crippen molar-refractivity contribution in [3.8, 4) is 0 Å². The minimum Gasteiger partial charge on any atom is -0.352 e. The molecular formula is C18H19Cl3N4O4S2. The number of halogens is 3. The van der Waals surface area contributed by atoms with Gasteiger partial charge in [-0.3, -0.25) is 9.59 Å². The number of benzene rings is 1. The summed E-state index contributed by atoms with van der Waals surface area (Å²) in [4.78, 5) is 27.4. The first kappa shape index (κ1) is 24.2. The third-order valence-corrected chi connectivity index (χ3v) is 8.85. The average Bonchev–Trinajstić information content (AvgIpc) is 3.20. The number of nitrogens with two attached hydrogens (primary N) is 1. The Kier molecular flexibility index (Phi) is 7.85. The molecule has 8 nitrogen and oxygen atoms in total. The highest BCUT2D eigenvalue weighted by Gasteiger charge is 2.44. The molecule has 13 heteroatoms. The Morgan fingerprint density at radius 2 is 1.87 bits per heavy atom. The van der Waals surface area contributed by atoms with Gasteiger partial charge in [0.1, 0.15) is 4.21 Å². The maximum absolute atomic E-state index is 13.3. The summed E-state index contributed by atoms with van der Waals surface area (Å²) in [6, 6.07) is 7.15. The molecule has 1 aromatic heterocycles. The maximum Gasteiger partial charge on any atom is 0.259 e. The van der Waals surface area contributed by atoms with Crippen LogP contribution in [-0.4, -0.2) is 61.8 Å². The van der Waals surface area contributed by atoms with Crippen LogP contribution in [0.1, 0.15) is 16.8 Å². The van der Waals surface area contributed by atoms with E-state index in [4.69, 9.17) is 40.5 Å². The quantitative estimate of drug-likeness (QED) is 0.602. The van der Waals surface area contributed by atoms with Crippen LogP contribution in [0.2, 0.25) is 14.4 Å². The van der Waals surface area contributed by atoms with Gasteiger partial charge in [-0.05, 0) is 36.8 Å². The lowest BCUT2D eigenvalue weighted by molar-refractivity contribution is -0.130. The molecule has 2 heterocycles. The van der Waals surface area contributed by atoms with Crippen molar-refractivity contribution in [2.24, 2.45) is 5.73 Å². The van der Waals surface area contributed by atoms with Gasteiger partial charge in [-0.25, -0.2) is 8.42 Å². The van der Waals surface area contributed by atoms with Crippen LogP contribution >= 0.6 is 46.1 Å². The Hall–Kier alpha value is -1.40. The van der Waals surface area contributed by atoms with Gasteiger partial charge < -0.3 is 16.0 Å². The van der Waals surface area contributed by atoms with Crippen LogP contribution in [0.4, 0.5) is 0 Å². The number of nitrogens with zero attached hydrogens (tertiary/aromatic N) is 2. The molecule has 0 spiro atoms. The Labute approximate surface area is 198 Å². The van der Waals surface area contributed by atoms with Crippen LogP contribution in [0.15, 0.2) is 34.5 Å². The van der Waals surface area contributed by atoms with E-state index in [1.807, 2.05) is 0 Å². The highest BCUT2D eigenvalue weighted by atomic mass is 35.5. The third kappa shape index (κ3) is 5.16. The largest absolute Gasteiger partial charge is 0.352 e. The van der Waals surface area contributed by atoms with Crippen LogP contribution in [0, 0.1) is 0 Å². The summed E-state index contributed by atoms with van der Waals surface area (Å²) < 4.78 is 27.9. The SMILES string of the molecule is NCCNC(=O)C1N(C(=O)c2ccc(Cl)c(Cl)c2)CCCN1S(=O)(=O)c1ccc(Cl)s1. The topological polar surface area (TPSA) is 113 Å². The molecule has 1 aromatic carbocycles. The van der Waals surface area contributed by atoms with Crippen molar-refractivity contribution >= 4 is 68.0 Å². The van der Waals surface area contributed by atoms with Crippen molar-refractivity contribution in [3.63, 3.8) is 0 Å². The molecule has 1 atom stereocenters. The molecule has 0 saturated carbocycles. The van der Waals surface area contributed by atoms with Crippen molar-refractivity contribution in [1.82, 2.24) is 14.5 Å². The van der Waals surface area contributed by atoms with Crippen molar-refractivity contribution in [2.75, 3.05) is 26.2 Å². The summed E-state index contributed by atoms with van der Waals surface area (Å²) >= 11 is 18.8. The van der Waals surface area contributed by atoms with Gasteiger partial charge in [-0.2, -0.15) is 4.31 Å². The molecule has 2 aromatic rings. The molecule has 1 aliphatic heterocycles. The number of amides is 2. The summed E-state index contributed by atoms with van der Waals surface area (Å²) in [7, 11) is -4.09. The van der Waals surface area contributed by atoms with Crippen LogP contribution in [-0.2, 0) is 14.8 Å². The third-order valence-electron chi connectivity index (χ3n) is 4.56. The first-order valence-electron chi connectivity index (χ1n) is 9.18. The number of nitrogens with one attached hydrogen (secondary N) is 1. The normalized spacial score (nSPS) is 17.5. The summed E-state index contributed by atoms with van der Waals surface area (Å²) in [5.41, 5.74) is 5.65. The van der Waals surface area contributed by atoms with E-state index in [-0.39, 0.29) is 46.0 Å². The summed E-state index contributed by atoms with van der Waals surface area (Å²) in [6.07, 6.45) is -1.06. The van der Waals surface area contributed by atoms with Gasteiger partial charge in [0, 0.05) is 31.7 Å². The smallest absolute Gasteiger partial charge is 0.259 e. The predicted molar refractivity (Wildman–Crippen MR) is 121 cm³/mol. The van der Waals surface area contributed by atoms with Gasteiger partial charge in [0.15, 0.2) is 6.17 Å². The fourth-order valence-corrected chi connectivity index (χ4v) is 6.67. The Balaban J connectivity index is 2.02. The van der Waals surface area contributed by atoms with Crippen molar-refractivity contribution < 1.29 is 18.0 Å². The summed E-state index contributed by atoms with van der Waals surface area (Å²) in [5, 5.41) is 3.03. The zero-order valence-corrected chi connectivity index (χ0v) is 20.0. The molecule has 3 N–H and O–H groups in total. The molecule has 0 bridgehead atoms. The van der Waals surface area contributed by atoms with E-state index in [1.54, 1.807) is 0 Å². The number of hydrogen-bond donors (Lipinski definition) is 2. The van der Waals surface area contributed by atoms with Gasteiger partial charge >= 0.3 is 0 Å². The van der Waals surface area contributed by atoms with Gasteiger partial charge in [0.05, 0.1) is 14.4 Å². The van der Waals surface area contributed by atoms with E-state index in [9.17, 15) is 18.0 Å². The minimum atomic E-state index is -4.09. The van der Waals surface area contributed by atoms with E-state index in [0.29, 0.717) is 10.8 Å². The minimum absolute atomic E-state index is 0.0158. The molecular weight excluding hydrogens is 507 g/mol. The van der Waals surface area contributed by atoms with E-state index in [2.05, 4.69) is 5.32 Å². The zero-order chi connectivity index (χ0) is 22.8. The molecule has 31 heavy (non-hydrogen) atoms. The number of thiophene rings is 1. The van der Waals surface area contributed by atoms with Gasteiger partial charge in [-0.1, -0.05) is 34.8 Å². The second kappa shape index (κ2) is 10.0. The highest BCUT2D eigenvalue weighted by Crippen LogP contribution is 2.32. The van der Waals surface area contributed by atoms with E-state index in [0.717, 1.165) is 15.6 Å². The van der Waals surface area contributed by atoms with Crippen LogP contribution < -0.4 is 11.1 Å². The Morgan fingerprint density at radius 3 is 2.48 bits per heavy atom. The number of sulfonamides is 1. The molecule has 0 aliphatic carbocycles. The highest BCUT2D eigenvalue weighted by molar-refractivity contribution is 7.91. The number of rotatable bonds is 6. The van der Waals surface area contributed by atoms with Crippen LogP contribution in [0.5, 0.6) is 0 Å². The summed E-state index contributed by atoms with van der Waals surface area (Å²) in [6.45, 7) is 0.524. The second-order valence-electron chi connectivity index (χ2n) is 6.61. The van der Waals surface area contributed by atoms with Crippen molar-refractivity contribution in [3.05, 3.63) is 50.3 Å². The van der Waals surface area contributed by atoms with E-state index < -0.39 is 28.0 Å². The average molecular weight is 526 g/mol. The van der Waals surface area contributed by atoms with Crippen molar-refractivity contribution in [2.45, 2.75) is 16.8 Å². The lowest BCUT2D eigenvalue weighted by atomic mass is 10.1. The predicted octanol–water partition coefficient (Wildman–Crippen LogP) is 2.65. The molecule has 1 fully saturated rings. The number of carbonyl (C=O) groups excluding carboxylic acids is 2. The molecule has 1 aliphatic rings. The zero-order valence-electron chi connectivity index (χ0n) is 16.1. The standard InChI is InChI=1S/C18H19Cl3N4O4S2/c19-12-3-2-11(10-13(12)20)18(27)24-8-1-9-25(17(24)16(26)23-7-6-22)31(28,29)15-5-4-14(21)30-15/h2-5,10,17H,1,6-9,22H2,(H,23,26). The molecule has 1 saturated heterocycles. The fourth-order valence-electron chi connectivity index (χ4n) is 3.17. The molecule has 0 radical (unpaired) electrons. The van der Waals surface area contributed by atoms with E-state index >= 15 is 0 Å². The number of hydrogen-bond acceptors (Lipinski definition) is 6. The molecule has 1 unspecified atom stereocenters. The second-order valence-corrected chi connectivity index (χ2v) is 11.3. The first-order chi connectivity index (χ1) is 14.7. The summed E-state index contributed by atoms with van der Waals surface area (Å²) in [5.74, 6) is -1.19. The van der Waals surface area contributed by atoms with Crippen LogP contribution in [0.25, 0.3) is 0 Å². The molecule has 2 amide bonds. The molecule has 3 rings (SSSR count). The van der Waals surface area contributed by atoms with Gasteiger partial charge in [0.2, 0.25) is 0 Å². The van der Waals surface area contributed by atoms with E-state index in [1.165, 1.54) is 35.2 Å². The van der Waals surface area contributed by atoms with Gasteiger partial charge in [0.25, 0.3) is 21.8 Å². The Morgan fingerprint density at radius 1 is 1.13 bits per heavy atom.